The zero-order valence-corrected chi connectivity index (χ0v) is 24.0. The zero-order chi connectivity index (χ0) is 28.7. The van der Waals surface area contributed by atoms with E-state index in [9.17, 15) is 22.4 Å². The number of hydrogen-bond donors (Lipinski definition) is 1. The van der Waals surface area contributed by atoms with E-state index in [1.54, 1.807) is 55.5 Å². The number of anilines is 1. The third-order valence-corrected chi connectivity index (χ3v) is 8.13. The predicted octanol–water partition coefficient (Wildman–Crippen LogP) is 5.31. The number of aryl methyl sites for hydroxylation is 1. The first-order valence-electron chi connectivity index (χ1n) is 12.6. The topological polar surface area (TPSA) is 86.8 Å². The largest absolute Gasteiger partial charge is 0.352 e. The molecule has 1 N–H and O–H groups in total. The molecule has 0 heterocycles. The molecule has 0 spiro atoms. The predicted molar refractivity (Wildman–Crippen MR) is 151 cm³/mol. The molecule has 0 bridgehead atoms. The van der Waals surface area contributed by atoms with E-state index in [0.717, 1.165) is 39.7 Å². The number of sulfonamides is 1. The molecule has 7 nitrogen and oxygen atoms in total. The van der Waals surface area contributed by atoms with Crippen LogP contribution in [0.15, 0.2) is 77.7 Å². The first-order valence-corrected chi connectivity index (χ1v) is 14.4. The second kappa shape index (κ2) is 13.1. The fourth-order valence-electron chi connectivity index (χ4n) is 4.06. The summed E-state index contributed by atoms with van der Waals surface area (Å²) in [6.07, 6.45) is 0.313. The number of rotatable bonds is 11. The summed E-state index contributed by atoms with van der Waals surface area (Å²) >= 11 is 6.03. The van der Waals surface area contributed by atoms with Crippen LogP contribution in [0.3, 0.4) is 0 Å². The molecule has 0 aromatic heterocycles. The molecular weight excluding hydrogens is 541 g/mol. The average molecular weight is 574 g/mol. The van der Waals surface area contributed by atoms with Gasteiger partial charge in [0.1, 0.15) is 18.4 Å². The highest BCUT2D eigenvalue weighted by atomic mass is 35.5. The Hall–Kier alpha value is -3.43. The fourth-order valence-corrected chi connectivity index (χ4v) is 5.60. The van der Waals surface area contributed by atoms with Crippen LogP contribution in [0.1, 0.15) is 38.3 Å². The summed E-state index contributed by atoms with van der Waals surface area (Å²) in [7, 11) is -4.26. The zero-order valence-electron chi connectivity index (χ0n) is 22.4. The van der Waals surface area contributed by atoms with Crippen LogP contribution in [-0.4, -0.2) is 43.8 Å². The second-order valence-electron chi connectivity index (χ2n) is 9.54. The summed E-state index contributed by atoms with van der Waals surface area (Å²) in [5, 5.41) is 3.38. The van der Waals surface area contributed by atoms with Crippen molar-refractivity contribution in [1.29, 1.82) is 0 Å². The highest BCUT2D eigenvalue weighted by Gasteiger charge is 2.33. The maximum absolute atomic E-state index is 13.9. The maximum Gasteiger partial charge on any atom is 0.264 e. The minimum atomic E-state index is -4.26. The van der Waals surface area contributed by atoms with Gasteiger partial charge in [0.25, 0.3) is 10.0 Å². The Labute approximate surface area is 234 Å². The van der Waals surface area contributed by atoms with Gasteiger partial charge < -0.3 is 10.2 Å². The van der Waals surface area contributed by atoms with Crippen molar-refractivity contribution in [3.05, 3.63) is 94.8 Å². The maximum atomic E-state index is 13.9. The number of nitrogens with one attached hydrogen (secondary N) is 1. The SMILES string of the molecule is CC[C@H](C(=O)NC(C)C)N(Cc1ccc(Cl)cc1)C(=O)CN(c1ccc(C)cc1)S(=O)(=O)c1ccc(F)cc1. The van der Waals surface area contributed by atoms with Gasteiger partial charge >= 0.3 is 0 Å². The summed E-state index contributed by atoms with van der Waals surface area (Å²) in [5.74, 6) is -1.48. The van der Waals surface area contributed by atoms with Gasteiger partial charge in [0.15, 0.2) is 0 Å². The van der Waals surface area contributed by atoms with Crippen molar-refractivity contribution in [1.82, 2.24) is 10.2 Å². The smallest absolute Gasteiger partial charge is 0.264 e. The molecule has 10 heteroatoms. The van der Waals surface area contributed by atoms with Gasteiger partial charge in [-0.1, -0.05) is 48.4 Å². The van der Waals surface area contributed by atoms with E-state index in [0.29, 0.717) is 11.4 Å². The van der Waals surface area contributed by atoms with Gasteiger partial charge in [-0.05, 0) is 81.3 Å². The van der Waals surface area contributed by atoms with E-state index < -0.39 is 34.3 Å². The molecule has 3 aromatic rings. The molecule has 0 radical (unpaired) electrons. The van der Waals surface area contributed by atoms with Gasteiger partial charge in [-0.3, -0.25) is 13.9 Å². The Kier molecular flexibility index (Phi) is 10.1. The molecule has 0 fully saturated rings. The third-order valence-electron chi connectivity index (χ3n) is 6.09. The lowest BCUT2D eigenvalue weighted by Crippen LogP contribution is -2.53. The molecule has 1 atom stereocenters. The van der Waals surface area contributed by atoms with Crippen molar-refractivity contribution < 1.29 is 22.4 Å². The molecular formula is C29H33ClFN3O4S. The summed E-state index contributed by atoms with van der Waals surface area (Å²) in [6.45, 7) is 6.80. The number of amides is 2. The molecule has 0 unspecified atom stereocenters. The lowest BCUT2D eigenvalue weighted by Gasteiger charge is -2.33. The first-order chi connectivity index (χ1) is 18.4. The summed E-state index contributed by atoms with van der Waals surface area (Å²) in [5.41, 5.74) is 1.90. The van der Waals surface area contributed by atoms with Crippen LogP contribution in [0.4, 0.5) is 10.1 Å². The fraction of sp³-hybridized carbons (Fsp3) is 0.310. The van der Waals surface area contributed by atoms with Crippen LogP contribution in [0, 0.1) is 12.7 Å². The van der Waals surface area contributed by atoms with E-state index in [-0.39, 0.29) is 29.1 Å². The van der Waals surface area contributed by atoms with E-state index in [4.69, 9.17) is 11.6 Å². The Morgan fingerprint density at radius 2 is 1.54 bits per heavy atom. The van der Waals surface area contributed by atoms with Crippen LogP contribution < -0.4 is 9.62 Å². The van der Waals surface area contributed by atoms with Crippen molar-refractivity contribution in [3.8, 4) is 0 Å². The van der Waals surface area contributed by atoms with Crippen LogP contribution in [0.2, 0.25) is 5.02 Å². The van der Waals surface area contributed by atoms with Crippen LogP contribution in [0.25, 0.3) is 0 Å². The molecule has 0 saturated heterocycles. The minimum Gasteiger partial charge on any atom is -0.352 e. The molecule has 0 aliphatic carbocycles. The second-order valence-corrected chi connectivity index (χ2v) is 11.8. The van der Waals surface area contributed by atoms with Gasteiger partial charge in [-0.15, -0.1) is 0 Å². The third kappa shape index (κ3) is 7.80. The Morgan fingerprint density at radius 1 is 0.949 bits per heavy atom. The average Bonchev–Trinajstić information content (AvgIpc) is 2.88. The van der Waals surface area contributed by atoms with Crippen molar-refractivity contribution in [2.45, 2.75) is 57.6 Å². The molecule has 39 heavy (non-hydrogen) atoms. The molecule has 0 aliphatic heterocycles. The summed E-state index contributed by atoms with van der Waals surface area (Å²) < 4.78 is 42.0. The highest BCUT2D eigenvalue weighted by Crippen LogP contribution is 2.25. The van der Waals surface area contributed by atoms with Gasteiger partial charge in [-0.2, -0.15) is 0 Å². The standard InChI is InChI=1S/C29H33ClFN3O4S/c1-5-27(29(36)32-20(2)3)33(18-22-8-10-23(30)11-9-22)28(35)19-34(25-14-6-21(4)7-15-25)39(37,38)26-16-12-24(31)13-17-26/h6-17,20,27H,5,18-19H2,1-4H3,(H,32,36)/t27-/m1/s1. The molecule has 2 amide bonds. The van der Waals surface area contributed by atoms with Crippen molar-refractivity contribution >= 4 is 39.1 Å². The van der Waals surface area contributed by atoms with Crippen LogP contribution in [0.5, 0.6) is 0 Å². The quantitative estimate of drug-likeness (QED) is 0.337. The van der Waals surface area contributed by atoms with Crippen LogP contribution >= 0.6 is 11.6 Å². The number of halogens is 2. The number of nitrogens with zero attached hydrogens (tertiary/aromatic N) is 2. The Balaban J connectivity index is 2.05. The van der Waals surface area contributed by atoms with E-state index in [2.05, 4.69) is 5.32 Å². The van der Waals surface area contributed by atoms with Crippen molar-refractivity contribution in [2.24, 2.45) is 0 Å². The first kappa shape index (κ1) is 30.1. The summed E-state index contributed by atoms with van der Waals surface area (Å²) in [6, 6.07) is 17.0. The summed E-state index contributed by atoms with van der Waals surface area (Å²) in [4.78, 5) is 28.3. The minimum absolute atomic E-state index is 0.0678. The molecule has 0 aliphatic rings. The number of hydrogen-bond acceptors (Lipinski definition) is 4. The molecule has 208 valence electrons. The number of benzene rings is 3. The molecule has 3 aromatic carbocycles. The number of carbonyl (C=O) groups is 2. The van der Waals surface area contributed by atoms with E-state index in [1.165, 1.54) is 4.90 Å². The van der Waals surface area contributed by atoms with Crippen LogP contribution in [-0.2, 0) is 26.2 Å². The monoisotopic (exact) mass is 573 g/mol. The van der Waals surface area contributed by atoms with E-state index in [1.807, 2.05) is 20.8 Å². The van der Waals surface area contributed by atoms with Crippen molar-refractivity contribution in [3.63, 3.8) is 0 Å². The lowest BCUT2D eigenvalue weighted by atomic mass is 10.1. The Bertz CT molecular complexity index is 1380. The van der Waals surface area contributed by atoms with E-state index >= 15 is 0 Å². The Morgan fingerprint density at radius 3 is 2.08 bits per heavy atom. The van der Waals surface area contributed by atoms with Gasteiger partial charge in [0.05, 0.1) is 10.6 Å². The molecule has 0 saturated carbocycles. The van der Waals surface area contributed by atoms with Crippen molar-refractivity contribution in [2.75, 3.05) is 10.8 Å². The molecule has 3 rings (SSSR count). The number of carbonyl (C=O) groups excluding carboxylic acids is 2. The highest BCUT2D eigenvalue weighted by molar-refractivity contribution is 7.92. The van der Waals surface area contributed by atoms with Gasteiger partial charge in [0, 0.05) is 17.6 Å². The van der Waals surface area contributed by atoms with Gasteiger partial charge in [0.2, 0.25) is 11.8 Å². The van der Waals surface area contributed by atoms with Gasteiger partial charge in [-0.25, -0.2) is 12.8 Å². The lowest BCUT2D eigenvalue weighted by molar-refractivity contribution is -0.140. The normalized spacial score (nSPS) is 12.2.